The Morgan fingerprint density at radius 2 is 1.90 bits per heavy atom. The van der Waals surface area contributed by atoms with Crippen LogP contribution in [0.3, 0.4) is 0 Å². The molecule has 6 nitrogen and oxygen atoms in total. The number of hydrazone groups is 1. The number of hydrogen-bond donors (Lipinski definition) is 1. The van der Waals surface area contributed by atoms with Gasteiger partial charge in [-0.25, -0.2) is 0 Å². The third-order valence-corrected chi connectivity index (χ3v) is 4.02. The molecule has 2 heterocycles. The SMILES string of the molecule is O=S1(=O)N=C(N/N=C\c2ccccn2)c2ccccc21. The second-order valence-corrected chi connectivity index (χ2v) is 5.61. The molecule has 0 unspecified atom stereocenters. The third-order valence-electron chi connectivity index (χ3n) is 2.69. The van der Waals surface area contributed by atoms with Gasteiger partial charge in [-0.1, -0.05) is 18.2 Å². The van der Waals surface area contributed by atoms with Crippen LogP contribution >= 0.6 is 0 Å². The lowest BCUT2D eigenvalue weighted by Crippen LogP contribution is -2.17. The highest BCUT2D eigenvalue weighted by molar-refractivity contribution is 7.90. The van der Waals surface area contributed by atoms with E-state index in [0.29, 0.717) is 11.3 Å². The van der Waals surface area contributed by atoms with Crippen LogP contribution in [0.15, 0.2) is 63.1 Å². The predicted octanol–water partition coefficient (Wildman–Crippen LogP) is 1.15. The third kappa shape index (κ3) is 2.30. The summed E-state index contributed by atoms with van der Waals surface area (Å²) in [5.41, 5.74) is 3.82. The van der Waals surface area contributed by atoms with Gasteiger partial charge in [-0.15, -0.1) is 4.40 Å². The molecule has 3 rings (SSSR count). The molecular formula is C13H10N4O2S. The van der Waals surface area contributed by atoms with Crippen molar-refractivity contribution in [2.24, 2.45) is 9.50 Å². The molecule has 0 bridgehead atoms. The summed E-state index contributed by atoms with van der Waals surface area (Å²) in [6.45, 7) is 0. The second-order valence-electron chi connectivity index (χ2n) is 4.04. The highest BCUT2D eigenvalue weighted by atomic mass is 32.2. The van der Waals surface area contributed by atoms with Gasteiger partial charge < -0.3 is 0 Å². The molecule has 1 aliphatic rings. The van der Waals surface area contributed by atoms with Crippen molar-refractivity contribution in [3.05, 3.63) is 59.9 Å². The molecule has 1 aromatic carbocycles. The average molecular weight is 286 g/mol. The zero-order valence-electron chi connectivity index (χ0n) is 10.3. The van der Waals surface area contributed by atoms with Crippen LogP contribution in [0.25, 0.3) is 0 Å². The molecule has 0 fully saturated rings. The largest absolute Gasteiger partial charge is 0.285 e. The maximum absolute atomic E-state index is 11.8. The maximum atomic E-state index is 11.8. The van der Waals surface area contributed by atoms with Crippen LogP contribution in [0, 0.1) is 0 Å². The molecule has 1 N–H and O–H groups in total. The summed E-state index contributed by atoms with van der Waals surface area (Å²) in [4.78, 5) is 4.26. The van der Waals surface area contributed by atoms with Gasteiger partial charge in [0.2, 0.25) is 0 Å². The number of fused-ring (bicyclic) bond motifs is 1. The molecule has 7 heteroatoms. The Morgan fingerprint density at radius 3 is 2.70 bits per heavy atom. The summed E-state index contributed by atoms with van der Waals surface area (Å²) in [5, 5.41) is 3.96. The second kappa shape index (κ2) is 4.86. The summed E-state index contributed by atoms with van der Waals surface area (Å²) in [7, 11) is -3.61. The van der Waals surface area contributed by atoms with Crippen LogP contribution < -0.4 is 5.43 Å². The minimum Gasteiger partial charge on any atom is -0.260 e. The van der Waals surface area contributed by atoms with E-state index in [1.807, 2.05) is 6.07 Å². The van der Waals surface area contributed by atoms with Crippen molar-refractivity contribution in [3.63, 3.8) is 0 Å². The van der Waals surface area contributed by atoms with Crippen LogP contribution in [0.2, 0.25) is 0 Å². The highest BCUT2D eigenvalue weighted by Gasteiger charge is 2.28. The Hall–Kier alpha value is -2.54. The van der Waals surface area contributed by atoms with Crippen LogP contribution in [0.5, 0.6) is 0 Å². The van der Waals surface area contributed by atoms with E-state index in [4.69, 9.17) is 0 Å². The number of rotatable bonds is 2. The number of pyridine rings is 1. The number of benzene rings is 1. The lowest BCUT2D eigenvalue weighted by Gasteiger charge is -1.99. The van der Waals surface area contributed by atoms with Crippen molar-refractivity contribution in [3.8, 4) is 0 Å². The van der Waals surface area contributed by atoms with Crippen LogP contribution in [-0.2, 0) is 10.0 Å². The van der Waals surface area contributed by atoms with E-state index in [-0.39, 0.29) is 10.7 Å². The normalized spacial score (nSPS) is 15.9. The molecular weight excluding hydrogens is 276 g/mol. The Labute approximate surface area is 116 Å². The minimum atomic E-state index is -3.61. The van der Waals surface area contributed by atoms with Gasteiger partial charge in [0.05, 0.1) is 11.9 Å². The van der Waals surface area contributed by atoms with E-state index in [2.05, 4.69) is 19.9 Å². The molecule has 0 amide bonds. The van der Waals surface area contributed by atoms with Gasteiger partial charge in [-0.05, 0) is 24.3 Å². The van der Waals surface area contributed by atoms with Gasteiger partial charge in [0, 0.05) is 11.8 Å². The Bertz CT molecular complexity index is 798. The van der Waals surface area contributed by atoms with Crippen molar-refractivity contribution in [2.75, 3.05) is 0 Å². The first-order valence-corrected chi connectivity index (χ1v) is 7.25. The fourth-order valence-corrected chi connectivity index (χ4v) is 2.97. The standard InChI is InChI=1S/C13H10N4O2S/c18-20(19)12-7-2-1-6-11(12)13(17-20)16-15-9-10-5-3-4-8-14-10/h1-9H,(H,16,17)/b15-9-. The lowest BCUT2D eigenvalue weighted by molar-refractivity contribution is 0.599. The van der Waals surface area contributed by atoms with Crippen molar-refractivity contribution < 1.29 is 8.42 Å². The van der Waals surface area contributed by atoms with E-state index in [1.54, 1.807) is 36.5 Å². The molecule has 0 aliphatic carbocycles. The maximum Gasteiger partial charge on any atom is 0.285 e. The Morgan fingerprint density at radius 1 is 1.10 bits per heavy atom. The van der Waals surface area contributed by atoms with Gasteiger partial charge in [-0.2, -0.15) is 13.5 Å². The molecule has 0 saturated carbocycles. The number of hydrogen-bond acceptors (Lipinski definition) is 5. The van der Waals surface area contributed by atoms with E-state index >= 15 is 0 Å². The van der Waals surface area contributed by atoms with Crippen LogP contribution in [0.4, 0.5) is 0 Å². The summed E-state index contributed by atoms with van der Waals surface area (Å²) in [5.74, 6) is 0.216. The quantitative estimate of drug-likeness (QED) is 0.663. The van der Waals surface area contributed by atoms with E-state index < -0.39 is 10.0 Å². The molecule has 20 heavy (non-hydrogen) atoms. The summed E-state index contributed by atoms with van der Waals surface area (Å²) >= 11 is 0. The highest BCUT2D eigenvalue weighted by Crippen LogP contribution is 2.24. The van der Waals surface area contributed by atoms with Gasteiger partial charge in [0.15, 0.2) is 5.84 Å². The first kappa shape index (κ1) is 12.5. The lowest BCUT2D eigenvalue weighted by atomic mass is 10.2. The minimum absolute atomic E-state index is 0.190. The monoisotopic (exact) mass is 286 g/mol. The fourth-order valence-electron chi connectivity index (χ4n) is 1.80. The van der Waals surface area contributed by atoms with Crippen molar-refractivity contribution in [1.29, 1.82) is 0 Å². The molecule has 0 radical (unpaired) electrons. The Kier molecular flexibility index (Phi) is 3.03. The topological polar surface area (TPSA) is 83.8 Å². The molecule has 1 aromatic heterocycles. The molecule has 100 valence electrons. The molecule has 0 saturated heterocycles. The fraction of sp³-hybridized carbons (Fsp3) is 0. The number of amidine groups is 1. The first-order valence-electron chi connectivity index (χ1n) is 5.81. The van der Waals surface area contributed by atoms with Gasteiger partial charge >= 0.3 is 0 Å². The Balaban J connectivity index is 1.85. The molecule has 2 aromatic rings. The average Bonchev–Trinajstić information content (AvgIpc) is 2.72. The van der Waals surface area contributed by atoms with Gasteiger partial charge in [-0.3, -0.25) is 10.4 Å². The van der Waals surface area contributed by atoms with Crippen LogP contribution in [-0.4, -0.2) is 25.5 Å². The van der Waals surface area contributed by atoms with Crippen molar-refractivity contribution >= 4 is 22.1 Å². The van der Waals surface area contributed by atoms with Crippen LogP contribution in [0.1, 0.15) is 11.3 Å². The van der Waals surface area contributed by atoms with Gasteiger partial charge in [0.25, 0.3) is 10.0 Å². The summed E-state index contributed by atoms with van der Waals surface area (Å²) in [6.07, 6.45) is 3.14. The summed E-state index contributed by atoms with van der Waals surface area (Å²) < 4.78 is 27.3. The smallest absolute Gasteiger partial charge is 0.260 e. The zero-order valence-corrected chi connectivity index (χ0v) is 11.1. The number of sulfonamides is 1. The first-order chi connectivity index (χ1) is 9.67. The van der Waals surface area contributed by atoms with E-state index in [1.165, 1.54) is 12.3 Å². The van der Waals surface area contributed by atoms with Gasteiger partial charge in [0.1, 0.15) is 4.90 Å². The molecule has 0 atom stereocenters. The van der Waals surface area contributed by atoms with E-state index in [9.17, 15) is 8.42 Å². The van der Waals surface area contributed by atoms with Crippen molar-refractivity contribution in [2.45, 2.75) is 4.90 Å². The number of nitrogens with zero attached hydrogens (tertiary/aromatic N) is 3. The summed E-state index contributed by atoms with van der Waals surface area (Å²) in [6, 6.07) is 12.0. The molecule has 0 spiro atoms. The molecule has 1 aliphatic heterocycles. The number of aromatic nitrogens is 1. The predicted molar refractivity (Wildman–Crippen MR) is 75.1 cm³/mol. The number of nitrogens with one attached hydrogen (secondary N) is 1. The van der Waals surface area contributed by atoms with E-state index in [0.717, 1.165) is 0 Å². The zero-order chi connectivity index (χ0) is 14.0. The van der Waals surface area contributed by atoms with Crippen molar-refractivity contribution in [1.82, 2.24) is 10.4 Å².